The van der Waals surface area contributed by atoms with Crippen LogP contribution in [0.1, 0.15) is 136 Å². The minimum absolute atomic E-state index is 0.0647. The third-order valence-corrected chi connectivity index (χ3v) is 9.25. The molecule has 0 aliphatic rings. The van der Waals surface area contributed by atoms with Crippen LogP contribution in [0.3, 0.4) is 0 Å². The molecule has 0 rings (SSSR count). The molecule has 58 heavy (non-hydrogen) atoms. The summed E-state index contributed by atoms with van der Waals surface area (Å²) in [7, 11) is -4.66. The number of allylic oxidation sites excluding steroid dienone is 14. The molecule has 0 saturated heterocycles. The number of unbranched alkanes of at least 4 members (excludes halogenated alkanes) is 8. The molecule has 4 N–H and O–H groups in total. The minimum Gasteiger partial charge on any atom is -0.462 e. The van der Waals surface area contributed by atoms with Gasteiger partial charge in [0.25, 0.3) is 0 Å². The molecule has 0 bridgehead atoms. The van der Waals surface area contributed by atoms with Gasteiger partial charge in [-0.3, -0.25) is 18.6 Å². The van der Waals surface area contributed by atoms with Crippen LogP contribution >= 0.6 is 7.82 Å². The molecule has 4 atom stereocenters. The smallest absolute Gasteiger partial charge is 0.462 e. The summed E-state index contributed by atoms with van der Waals surface area (Å²) in [6.07, 6.45) is 45.5. The first-order valence-corrected chi connectivity index (χ1v) is 22.8. The summed E-state index contributed by atoms with van der Waals surface area (Å²) in [5.41, 5.74) is 0. The highest BCUT2D eigenvalue weighted by atomic mass is 31.2. The second-order valence-electron chi connectivity index (χ2n) is 13.8. The number of carbonyl (C=O) groups is 2. The van der Waals surface area contributed by atoms with Crippen LogP contribution < -0.4 is 0 Å². The highest BCUT2D eigenvalue weighted by molar-refractivity contribution is 7.47. The number of phosphoric ester groups is 1. The van der Waals surface area contributed by atoms with E-state index in [-0.39, 0.29) is 19.4 Å². The zero-order valence-electron chi connectivity index (χ0n) is 35.3. The van der Waals surface area contributed by atoms with Crippen molar-refractivity contribution in [1.29, 1.82) is 0 Å². The number of aliphatic hydroxyl groups is 3. The molecule has 0 spiro atoms. The van der Waals surface area contributed by atoms with E-state index in [0.29, 0.717) is 32.1 Å². The van der Waals surface area contributed by atoms with E-state index in [2.05, 4.69) is 73.1 Å². The zero-order chi connectivity index (χ0) is 42.8. The van der Waals surface area contributed by atoms with Gasteiger partial charge in [0.1, 0.15) is 12.7 Å². The molecule has 0 fully saturated rings. The van der Waals surface area contributed by atoms with Crippen molar-refractivity contribution in [3.63, 3.8) is 0 Å². The second-order valence-corrected chi connectivity index (χ2v) is 15.3. The predicted octanol–water partition coefficient (Wildman–Crippen LogP) is 10.2. The maximum atomic E-state index is 12.6. The lowest BCUT2D eigenvalue weighted by Gasteiger charge is -2.20. The van der Waals surface area contributed by atoms with E-state index >= 15 is 0 Å². The van der Waals surface area contributed by atoms with Crippen molar-refractivity contribution < 1.29 is 52.9 Å². The van der Waals surface area contributed by atoms with Gasteiger partial charge in [-0.2, -0.15) is 0 Å². The third-order valence-electron chi connectivity index (χ3n) is 8.30. The molecular weight excluding hydrogens is 759 g/mol. The Balaban J connectivity index is 4.54. The summed E-state index contributed by atoms with van der Waals surface area (Å²) in [4.78, 5) is 35.0. The molecule has 0 aliphatic carbocycles. The summed E-state index contributed by atoms with van der Waals surface area (Å²) in [5.74, 6) is -1.07. The molecule has 330 valence electrons. The summed E-state index contributed by atoms with van der Waals surface area (Å²) >= 11 is 0. The van der Waals surface area contributed by atoms with E-state index in [0.717, 1.165) is 57.8 Å². The zero-order valence-corrected chi connectivity index (χ0v) is 36.2. The average molecular weight is 835 g/mol. The highest BCUT2D eigenvalue weighted by Gasteiger charge is 2.27. The van der Waals surface area contributed by atoms with Crippen molar-refractivity contribution in [2.24, 2.45) is 0 Å². The van der Waals surface area contributed by atoms with Gasteiger partial charge in [-0.15, -0.1) is 0 Å². The molecule has 0 radical (unpaired) electrons. The molecule has 11 nitrogen and oxygen atoms in total. The molecule has 0 saturated carbocycles. The predicted molar refractivity (Wildman–Crippen MR) is 234 cm³/mol. The monoisotopic (exact) mass is 835 g/mol. The van der Waals surface area contributed by atoms with E-state index in [1.165, 1.54) is 19.3 Å². The van der Waals surface area contributed by atoms with Crippen LogP contribution in [0.25, 0.3) is 0 Å². The minimum atomic E-state index is -4.66. The number of phosphoric acid groups is 1. The van der Waals surface area contributed by atoms with Crippen LogP contribution in [0.15, 0.2) is 97.2 Å². The molecule has 0 aromatic carbocycles. The van der Waals surface area contributed by atoms with Crippen LogP contribution in [0.2, 0.25) is 0 Å². The van der Waals surface area contributed by atoms with Gasteiger partial charge in [0, 0.05) is 12.8 Å². The first-order chi connectivity index (χ1) is 28.1. The maximum absolute atomic E-state index is 12.6. The van der Waals surface area contributed by atoms with Gasteiger partial charge in [-0.05, 0) is 83.5 Å². The summed E-state index contributed by atoms with van der Waals surface area (Å²) in [6, 6.07) is 0. The lowest BCUT2D eigenvalue weighted by molar-refractivity contribution is -0.161. The molecule has 12 heteroatoms. The van der Waals surface area contributed by atoms with Gasteiger partial charge < -0.3 is 29.7 Å². The van der Waals surface area contributed by atoms with Crippen molar-refractivity contribution >= 4 is 19.8 Å². The van der Waals surface area contributed by atoms with Crippen LogP contribution in [0, 0.1) is 0 Å². The topological polar surface area (TPSA) is 169 Å². The van der Waals surface area contributed by atoms with Crippen LogP contribution in [0.4, 0.5) is 0 Å². The Hall–Kier alpha value is -3.15. The first-order valence-electron chi connectivity index (χ1n) is 21.3. The van der Waals surface area contributed by atoms with E-state index < -0.39 is 57.9 Å². The third kappa shape index (κ3) is 39.7. The Morgan fingerprint density at radius 3 is 1.81 bits per heavy atom. The normalized spacial score (nSPS) is 15.3. The number of ether oxygens (including phenoxy) is 2. The van der Waals surface area contributed by atoms with Crippen molar-refractivity contribution in [3.8, 4) is 0 Å². The molecule has 0 amide bonds. The lowest BCUT2D eigenvalue weighted by atomic mass is 10.1. The number of aliphatic hydroxyl groups excluding tert-OH is 3. The fourth-order valence-electron chi connectivity index (χ4n) is 5.00. The largest absolute Gasteiger partial charge is 0.472 e. The van der Waals surface area contributed by atoms with Gasteiger partial charge in [-0.25, -0.2) is 4.57 Å². The van der Waals surface area contributed by atoms with Gasteiger partial charge in [0.2, 0.25) is 0 Å². The van der Waals surface area contributed by atoms with Crippen LogP contribution in [-0.4, -0.2) is 76.9 Å². The average Bonchev–Trinajstić information content (AvgIpc) is 3.21. The van der Waals surface area contributed by atoms with Gasteiger partial charge in [0.05, 0.1) is 25.9 Å². The Morgan fingerprint density at radius 1 is 0.603 bits per heavy atom. The Kier molecular flexibility index (Phi) is 38.4. The SMILES string of the molecule is CC/C=C\C/C=C\C/C=C\C/C=C\CCCCCCC(=O)OC[C@H](COP(=O)(O)OC[C@@H](O)CO)OC(=O)CCC/C=C\C/C=C\C=C\[C@@H](O)C/C=C\CCCCC. The van der Waals surface area contributed by atoms with Gasteiger partial charge in [0.15, 0.2) is 6.10 Å². The summed E-state index contributed by atoms with van der Waals surface area (Å²) < 4.78 is 32.6. The summed E-state index contributed by atoms with van der Waals surface area (Å²) in [5, 5.41) is 28.4. The van der Waals surface area contributed by atoms with E-state index in [4.69, 9.17) is 19.1 Å². The van der Waals surface area contributed by atoms with E-state index in [1.807, 2.05) is 36.5 Å². The second kappa shape index (κ2) is 40.6. The fourth-order valence-corrected chi connectivity index (χ4v) is 5.79. The van der Waals surface area contributed by atoms with Crippen LogP contribution in [0.5, 0.6) is 0 Å². The summed E-state index contributed by atoms with van der Waals surface area (Å²) in [6.45, 7) is 2.02. The first kappa shape index (κ1) is 54.9. The number of esters is 2. The van der Waals surface area contributed by atoms with Crippen LogP contribution in [-0.2, 0) is 32.7 Å². The molecule has 0 aliphatic heterocycles. The molecule has 0 aromatic rings. The maximum Gasteiger partial charge on any atom is 0.472 e. The molecule has 0 heterocycles. The lowest BCUT2D eigenvalue weighted by Crippen LogP contribution is -2.29. The molecule has 1 unspecified atom stereocenters. The van der Waals surface area contributed by atoms with Gasteiger partial charge in [-0.1, -0.05) is 137 Å². The van der Waals surface area contributed by atoms with Crippen molar-refractivity contribution in [3.05, 3.63) is 97.2 Å². The standard InChI is InChI=1S/C46H75O11P/c1-3-5-7-9-11-12-13-14-15-16-17-18-19-20-24-28-32-36-45(50)54-40-44(41-56-58(52,53)55-39-43(49)38-47)57-46(51)37-33-29-25-22-21-23-27-31-35-42(48)34-30-26-10-8-6-4-2/h5,7,11-12,14-15,17-18,22-23,25-27,30-31,35,42-44,47-49H,3-4,6,8-10,13,16,19-21,24,28-29,32-34,36-41H2,1-2H3,(H,52,53)/b7-5-,12-11-,15-14-,18-17-,25-22-,27-23-,30-26-,35-31+/t42-,43-,44+/m0/s1. The van der Waals surface area contributed by atoms with E-state index in [9.17, 15) is 29.3 Å². The molecule has 0 aromatic heterocycles. The number of rotatable bonds is 38. The Bertz CT molecular complexity index is 1300. The van der Waals surface area contributed by atoms with E-state index in [1.54, 1.807) is 6.08 Å². The fraction of sp³-hybridized carbons (Fsp3) is 0.609. The Morgan fingerprint density at radius 2 is 1.16 bits per heavy atom. The van der Waals surface area contributed by atoms with Crippen molar-refractivity contribution in [2.45, 2.75) is 154 Å². The van der Waals surface area contributed by atoms with Crippen molar-refractivity contribution in [1.82, 2.24) is 0 Å². The Labute approximate surface area is 349 Å². The number of hydrogen-bond donors (Lipinski definition) is 4. The van der Waals surface area contributed by atoms with Crippen molar-refractivity contribution in [2.75, 3.05) is 26.4 Å². The number of hydrogen-bond acceptors (Lipinski definition) is 10. The van der Waals surface area contributed by atoms with Gasteiger partial charge >= 0.3 is 19.8 Å². The highest BCUT2D eigenvalue weighted by Crippen LogP contribution is 2.43. The molecular formula is C46H75O11P. The number of carbonyl (C=O) groups excluding carboxylic acids is 2. The quantitative estimate of drug-likeness (QED) is 0.0154.